The van der Waals surface area contributed by atoms with E-state index in [0.29, 0.717) is 28.4 Å². The van der Waals surface area contributed by atoms with Crippen molar-refractivity contribution in [1.29, 1.82) is 0 Å². The van der Waals surface area contributed by atoms with E-state index in [1.54, 1.807) is 12.1 Å². The van der Waals surface area contributed by atoms with Crippen LogP contribution in [0.4, 0.5) is 5.69 Å². The summed E-state index contributed by atoms with van der Waals surface area (Å²) in [6, 6.07) is 6.80. The number of pyridine rings is 1. The van der Waals surface area contributed by atoms with Gasteiger partial charge in [0.15, 0.2) is 0 Å². The Bertz CT molecular complexity index is 793. The van der Waals surface area contributed by atoms with E-state index in [0.717, 1.165) is 18.5 Å². The van der Waals surface area contributed by atoms with Crippen LogP contribution in [0.25, 0.3) is 0 Å². The summed E-state index contributed by atoms with van der Waals surface area (Å²) < 4.78 is 0. The lowest BCUT2D eigenvalue weighted by atomic mass is 10.1. The molecule has 1 heterocycles. The first kappa shape index (κ1) is 19.9. The number of benzene rings is 1. The molecule has 0 spiro atoms. The Hall–Kier alpha value is -2.44. The lowest BCUT2D eigenvalue weighted by Crippen LogP contribution is -2.27. The second kappa shape index (κ2) is 9.31. The van der Waals surface area contributed by atoms with Crippen molar-refractivity contribution in [2.45, 2.75) is 13.3 Å². The van der Waals surface area contributed by atoms with Crippen LogP contribution in [0, 0.1) is 6.92 Å². The fourth-order valence-electron chi connectivity index (χ4n) is 2.31. The Balaban J connectivity index is 2.02. The number of rotatable bonds is 7. The van der Waals surface area contributed by atoms with E-state index in [1.807, 2.05) is 27.1 Å². The first-order valence-corrected chi connectivity index (χ1v) is 8.70. The molecular weight excluding hydrogens is 352 g/mol. The highest BCUT2D eigenvalue weighted by molar-refractivity contribution is 6.31. The van der Waals surface area contributed by atoms with Gasteiger partial charge in [-0.05, 0) is 57.7 Å². The molecule has 1 aromatic carbocycles. The molecule has 1 aromatic heterocycles. The van der Waals surface area contributed by atoms with Gasteiger partial charge in [-0.25, -0.2) is 0 Å². The van der Waals surface area contributed by atoms with Gasteiger partial charge in [0.1, 0.15) is 0 Å². The number of aromatic nitrogens is 1. The highest BCUT2D eigenvalue weighted by Gasteiger charge is 2.12. The number of hydrogen-bond donors (Lipinski definition) is 2. The highest BCUT2D eigenvalue weighted by atomic mass is 35.5. The SMILES string of the molecule is Cc1ccc(Cl)cc1NC(=O)c1cncc(C(=O)NCCCN(C)C)c1. The van der Waals surface area contributed by atoms with E-state index in [4.69, 9.17) is 11.6 Å². The number of carbonyl (C=O) groups excluding carboxylic acids is 2. The number of hydrogen-bond acceptors (Lipinski definition) is 4. The second-order valence-electron chi connectivity index (χ2n) is 6.29. The number of anilines is 1. The van der Waals surface area contributed by atoms with E-state index in [9.17, 15) is 9.59 Å². The predicted octanol–water partition coefficient (Wildman–Crippen LogP) is 2.98. The summed E-state index contributed by atoms with van der Waals surface area (Å²) in [7, 11) is 3.96. The molecule has 0 fully saturated rings. The molecular formula is C19H23ClN4O2. The Labute approximate surface area is 158 Å². The number of nitrogens with one attached hydrogen (secondary N) is 2. The fraction of sp³-hybridized carbons (Fsp3) is 0.316. The molecule has 0 bridgehead atoms. The maximum Gasteiger partial charge on any atom is 0.257 e. The molecule has 0 aliphatic carbocycles. The predicted molar refractivity (Wildman–Crippen MR) is 104 cm³/mol. The van der Waals surface area contributed by atoms with Gasteiger partial charge in [0.05, 0.1) is 11.1 Å². The van der Waals surface area contributed by atoms with Gasteiger partial charge in [0.2, 0.25) is 0 Å². The van der Waals surface area contributed by atoms with Crippen LogP contribution in [0.2, 0.25) is 5.02 Å². The van der Waals surface area contributed by atoms with Crippen LogP contribution in [-0.4, -0.2) is 48.9 Å². The molecule has 2 rings (SSSR count). The third kappa shape index (κ3) is 5.82. The van der Waals surface area contributed by atoms with Gasteiger partial charge in [-0.15, -0.1) is 0 Å². The maximum absolute atomic E-state index is 12.5. The molecule has 0 saturated heterocycles. The number of nitrogens with zero attached hydrogens (tertiary/aromatic N) is 2. The van der Waals surface area contributed by atoms with Crippen molar-refractivity contribution in [3.8, 4) is 0 Å². The first-order valence-electron chi connectivity index (χ1n) is 8.32. The molecule has 0 radical (unpaired) electrons. The van der Waals surface area contributed by atoms with Gasteiger partial charge in [-0.2, -0.15) is 0 Å². The summed E-state index contributed by atoms with van der Waals surface area (Å²) in [5.41, 5.74) is 2.18. The van der Waals surface area contributed by atoms with Crippen LogP contribution < -0.4 is 10.6 Å². The van der Waals surface area contributed by atoms with Crippen LogP contribution in [0.1, 0.15) is 32.7 Å². The lowest BCUT2D eigenvalue weighted by molar-refractivity contribution is 0.0952. The average Bonchev–Trinajstić information content (AvgIpc) is 2.61. The second-order valence-corrected chi connectivity index (χ2v) is 6.72. The largest absolute Gasteiger partial charge is 0.352 e. The summed E-state index contributed by atoms with van der Waals surface area (Å²) >= 11 is 5.97. The highest BCUT2D eigenvalue weighted by Crippen LogP contribution is 2.20. The molecule has 2 amide bonds. The molecule has 0 aliphatic rings. The Morgan fingerprint density at radius 1 is 1.12 bits per heavy atom. The van der Waals surface area contributed by atoms with Gasteiger partial charge in [-0.3, -0.25) is 14.6 Å². The zero-order chi connectivity index (χ0) is 19.1. The van der Waals surface area contributed by atoms with Crippen LogP contribution in [0.5, 0.6) is 0 Å². The van der Waals surface area contributed by atoms with Crippen molar-refractivity contribution < 1.29 is 9.59 Å². The third-order valence-electron chi connectivity index (χ3n) is 3.78. The molecule has 0 saturated carbocycles. The minimum atomic E-state index is -0.342. The average molecular weight is 375 g/mol. The van der Waals surface area contributed by atoms with Crippen LogP contribution in [0.15, 0.2) is 36.7 Å². The van der Waals surface area contributed by atoms with Crippen molar-refractivity contribution in [2.24, 2.45) is 0 Å². The number of halogens is 1. The smallest absolute Gasteiger partial charge is 0.257 e. The molecule has 26 heavy (non-hydrogen) atoms. The summed E-state index contributed by atoms with van der Waals surface area (Å²) in [5, 5.41) is 6.17. The quantitative estimate of drug-likeness (QED) is 0.731. The molecule has 6 nitrogen and oxygen atoms in total. The van der Waals surface area contributed by atoms with Crippen molar-refractivity contribution in [1.82, 2.24) is 15.2 Å². The van der Waals surface area contributed by atoms with Gasteiger partial charge >= 0.3 is 0 Å². The molecule has 138 valence electrons. The van der Waals surface area contributed by atoms with Crippen molar-refractivity contribution in [3.05, 3.63) is 58.4 Å². The Kier molecular flexibility index (Phi) is 7.12. The molecule has 0 atom stereocenters. The standard InChI is InChI=1S/C19H23ClN4O2/c1-13-5-6-16(20)10-17(13)23-19(26)15-9-14(11-21-12-15)18(25)22-7-4-8-24(2)3/h5-6,9-12H,4,7-8H2,1-3H3,(H,22,25)(H,23,26). The third-order valence-corrected chi connectivity index (χ3v) is 4.01. The minimum absolute atomic E-state index is 0.246. The van der Waals surface area contributed by atoms with Gasteiger partial charge in [0, 0.05) is 29.6 Å². The monoisotopic (exact) mass is 374 g/mol. The van der Waals surface area contributed by atoms with E-state index in [-0.39, 0.29) is 11.8 Å². The normalized spacial score (nSPS) is 10.7. The van der Waals surface area contributed by atoms with E-state index < -0.39 is 0 Å². The van der Waals surface area contributed by atoms with Crippen LogP contribution >= 0.6 is 11.6 Å². The molecule has 2 N–H and O–H groups in total. The van der Waals surface area contributed by atoms with Gasteiger partial charge in [0.25, 0.3) is 11.8 Å². The van der Waals surface area contributed by atoms with Crippen molar-refractivity contribution in [3.63, 3.8) is 0 Å². The first-order chi connectivity index (χ1) is 12.4. The van der Waals surface area contributed by atoms with E-state index in [1.165, 1.54) is 18.5 Å². The van der Waals surface area contributed by atoms with Crippen LogP contribution in [0.3, 0.4) is 0 Å². The molecule has 7 heteroatoms. The number of amides is 2. The van der Waals surface area contributed by atoms with Gasteiger partial charge in [-0.1, -0.05) is 17.7 Å². The van der Waals surface area contributed by atoms with Crippen molar-refractivity contribution >= 4 is 29.1 Å². The summed E-state index contributed by atoms with van der Waals surface area (Å²) in [4.78, 5) is 30.7. The number of carbonyl (C=O) groups is 2. The molecule has 0 unspecified atom stereocenters. The maximum atomic E-state index is 12.5. The summed E-state index contributed by atoms with van der Waals surface area (Å²) in [5.74, 6) is -0.588. The topological polar surface area (TPSA) is 74.3 Å². The van der Waals surface area contributed by atoms with Crippen molar-refractivity contribution in [2.75, 3.05) is 32.5 Å². The lowest BCUT2D eigenvalue weighted by Gasteiger charge is -2.11. The Morgan fingerprint density at radius 3 is 2.50 bits per heavy atom. The van der Waals surface area contributed by atoms with E-state index in [2.05, 4.69) is 20.5 Å². The Morgan fingerprint density at radius 2 is 1.81 bits per heavy atom. The fourth-order valence-corrected chi connectivity index (χ4v) is 2.48. The minimum Gasteiger partial charge on any atom is -0.352 e. The zero-order valence-electron chi connectivity index (χ0n) is 15.2. The van der Waals surface area contributed by atoms with E-state index >= 15 is 0 Å². The molecule has 0 aliphatic heterocycles. The number of aryl methyl sites for hydroxylation is 1. The van der Waals surface area contributed by atoms with Crippen LogP contribution in [-0.2, 0) is 0 Å². The summed E-state index contributed by atoms with van der Waals surface area (Å²) in [6.07, 6.45) is 3.72. The zero-order valence-corrected chi connectivity index (χ0v) is 15.9. The molecule has 2 aromatic rings. The summed E-state index contributed by atoms with van der Waals surface area (Å²) in [6.45, 7) is 3.33. The van der Waals surface area contributed by atoms with Gasteiger partial charge < -0.3 is 15.5 Å².